The van der Waals surface area contributed by atoms with Gasteiger partial charge in [0.15, 0.2) is 5.82 Å². The van der Waals surface area contributed by atoms with E-state index in [1.165, 1.54) is 25.7 Å². The molecule has 1 aliphatic carbocycles. The van der Waals surface area contributed by atoms with E-state index in [2.05, 4.69) is 15.5 Å². The lowest BCUT2D eigenvalue weighted by Gasteiger charge is -2.11. The van der Waals surface area contributed by atoms with Crippen LogP contribution in [-0.4, -0.2) is 42.6 Å². The monoisotopic (exact) mass is 342 g/mol. The molecule has 0 bridgehead atoms. The fourth-order valence-corrected chi connectivity index (χ4v) is 3.57. The molecule has 1 saturated carbocycles. The standard InChI is InChI=1S/C15H26N4O3S/c1-23(21,22)9-8-12(16)15(20)17-14-10-13(18-19-14)11-6-4-2-3-5-7-11/h10-12H,2-9,16H2,1H3,(H2,17,18,19,20). The second-order valence-electron chi connectivity index (χ2n) is 6.41. The Morgan fingerprint density at radius 2 is 2.04 bits per heavy atom. The number of hydrogen-bond acceptors (Lipinski definition) is 5. The summed E-state index contributed by atoms with van der Waals surface area (Å²) in [6.45, 7) is 0. The van der Waals surface area contributed by atoms with Gasteiger partial charge < -0.3 is 11.1 Å². The zero-order valence-electron chi connectivity index (χ0n) is 13.5. The molecule has 0 saturated heterocycles. The minimum Gasteiger partial charge on any atom is -0.320 e. The van der Waals surface area contributed by atoms with Crippen molar-refractivity contribution >= 4 is 21.6 Å². The van der Waals surface area contributed by atoms with Crippen molar-refractivity contribution in [3.05, 3.63) is 11.8 Å². The summed E-state index contributed by atoms with van der Waals surface area (Å²) in [6.07, 6.45) is 8.53. The number of nitrogens with one attached hydrogen (secondary N) is 2. The lowest BCUT2D eigenvalue weighted by atomic mass is 9.97. The molecule has 1 aliphatic rings. The highest BCUT2D eigenvalue weighted by Crippen LogP contribution is 2.31. The van der Waals surface area contributed by atoms with Crippen LogP contribution < -0.4 is 11.1 Å². The topological polar surface area (TPSA) is 118 Å². The van der Waals surface area contributed by atoms with Gasteiger partial charge in [-0.3, -0.25) is 9.89 Å². The van der Waals surface area contributed by atoms with Crippen LogP contribution in [0.5, 0.6) is 0 Å². The number of carbonyl (C=O) groups is 1. The SMILES string of the molecule is CS(=O)(=O)CCC(N)C(=O)Nc1cc(C2CCCCCC2)[nH]n1. The highest BCUT2D eigenvalue weighted by atomic mass is 32.2. The molecule has 4 N–H and O–H groups in total. The first kappa shape index (κ1) is 17.9. The fraction of sp³-hybridized carbons (Fsp3) is 0.733. The number of sulfone groups is 1. The average Bonchev–Trinajstić information content (AvgIpc) is 2.77. The van der Waals surface area contributed by atoms with E-state index < -0.39 is 21.8 Å². The lowest BCUT2D eigenvalue weighted by molar-refractivity contribution is -0.117. The first-order valence-electron chi connectivity index (χ1n) is 8.14. The number of nitrogens with zero attached hydrogens (tertiary/aromatic N) is 1. The van der Waals surface area contributed by atoms with Gasteiger partial charge in [0.05, 0.1) is 11.8 Å². The molecule has 130 valence electrons. The van der Waals surface area contributed by atoms with Crippen LogP contribution in [-0.2, 0) is 14.6 Å². The van der Waals surface area contributed by atoms with Crippen molar-refractivity contribution < 1.29 is 13.2 Å². The molecule has 1 amide bonds. The van der Waals surface area contributed by atoms with Crippen molar-refractivity contribution in [2.45, 2.75) is 56.9 Å². The smallest absolute Gasteiger partial charge is 0.242 e. The third kappa shape index (κ3) is 5.95. The Morgan fingerprint density at radius 1 is 1.39 bits per heavy atom. The molecule has 1 unspecified atom stereocenters. The van der Waals surface area contributed by atoms with E-state index in [9.17, 15) is 13.2 Å². The first-order valence-corrected chi connectivity index (χ1v) is 10.2. The molecule has 2 rings (SSSR count). The van der Waals surface area contributed by atoms with Crippen LogP contribution >= 0.6 is 0 Å². The molecule has 0 radical (unpaired) electrons. The number of anilines is 1. The van der Waals surface area contributed by atoms with Crippen molar-refractivity contribution in [2.24, 2.45) is 5.73 Å². The molecular weight excluding hydrogens is 316 g/mol. The van der Waals surface area contributed by atoms with E-state index in [1.54, 1.807) is 0 Å². The maximum absolute atomic E-state index is 12.0. The zero-order chi connectivity index (χ0) is 16.9. The summed E-state index contributed by atoms with van der Waals surface area (Å²) in [5, 5.41) is 9.78. The van der Waals surface area contributed by atoms with Gasteiger partial charge in [-0.05, 0) is 19.3 Å². The summed E-state index contributed by atoms with van der Waals surface area (Å²) in [5.41, 5.74) is 6.78. The van der Waals surface area contributed by atoms with Crippen LogP contribution in [0.15, 0.2) is 6.07 Å². The van der Waals surface area contributed by atoms with E-state index in [1.807, 2.05) is 6.07 Å². The van der Waals surface area contributed by atoms with Crippen LogP contribution in [0.25, 0.3) is 0 Å². The van der Waals surface area contributed by atoms with Gasteiger partial charge in [0.25, 0.3) is 0 Å². The number of rotatable bonds is 6. The van der Waals surface area contributed by atoms with Gasteiger partial charge in [-0.2, -0.15) is 5.10 Å². The molecule has 1 aromatic heterocycles. The molecule has 23 heavy (non-hydrogen) atoms. The summed E-state index contributed by atoms with van der Waals surface area (Å²) < 4.78 is 22.2. The Bertz CT molecular complexity index is 618. The maximum atomic E-state index is 12.0. The molecule has 1 fully saturated rings. The summed E-state index contributed by atoms with van der Waals surface area (Å²) in [4.78, 5) is 12.0. The second-order valence-corrected chi connectivity index (χ2v) is 8.67. The van der Waals surface area contributed by atoms with E-state index in [0.29, 0.717) is 11.7 Å². The average molecular weight is 342 g/mol. The van der Waals surface area contributed by atoms with Crippen molar-refractivity contribution in [3.63, 3.8) is 0 Å². The predicted octanol–water partition coefficient (Wildman–Crippen LogP) is 1.55. The Labute approximate surface area is 137 Å². The minimum atomic E-state index is -3.12. The summed E-state index contributed by atoms with van der Waals surface area (Å²) >= 11 is 0. The largest absolute Gasteiger partial charge is 0.320 e. The van der Waals surface area contributed by atoms with Gasteiger partial charge >= 0.3 is 0 Å². The van der Waals surface area contributed by atoms with Crippen LogP contribution in [0.2, 0.25) is 0 Å². The number of H-pyrrole nitrogens is 1. The van der Waals surface area contributed by atoms with Crippen molar-refractivity contribution in [2.75, 3.05) is 17.3 Å². The molecule has 1 atom stereocenters. The number of nitrogens with two attached hydrogens (primary N) is 1. The number of hydrogen-bond donors (Lipinski definition) is 3. The van der Waals surface area contributed by atoms with Crippen molar-refractivity contribution in [3.8, 4) is 0 Å². The molecule has 0 aromatic carbocycles. The second kappa shape index (κ2) is 7.92. The van der Waals surface area contributed by atoms with E-state index >= 15 is 0 Å². The third-order valence-corrected chi connectivity index (χ3v) is 5.26. The molecule has 8 heteroatoms. The first-order chi connectivity index (χ1) is 10.8. The molecule has 0 aliphatic heterocycles. The zero-order valence-corrected chi connectivity index (χ0v) is 14.4. The molecule has 7 nitrogen and oxygen atoms in total. The predicted molar refractivity (Wildman–Crippen MR) is 90.0 cm³/mol. The third-order valence-electron chi connectivity index (χ3n) is 4.28. The summed E-state index contributed by atoms with van der Waals surface area (Å²) in [5.74, 6) is 0.404. The van der Waals surface area contributed by atoms with Gasteiger partial charge in [-0.15, -0.1) is 0 Å². The molecule has 1 heterocycles. The minimum absolute atomic E-state index is 0.102. The number of amides is 1. The van der Waals surface area contributed by atoms with Crippen LogP contribution in [0, 0.1) is 0 Å². The quantitative estimate of drug-likeness (QED) is 0.678. The highest BCUT2D eigenvalue weighted by Gasteiger charge is 2.19. The van der Waals surface area contributed by atoms with Crippen LogP contribution in [0.1, 0.15) is 56.6 Å². The summed E-state index contributed by atoms with van der Waals surface area (Å²) in [7, 11) is -3.12. The summed E-state index contributed by atoms with van der Waals surface area (Å²) in [6, 6.07) is 1.000. The van der Waals surface area contributed by atoms with E-state index in [-0.39, 0.29) is 12.2 Å². The normalized spacial score (nSPS) is 18.3. The Kier molecular flexibility index (Phi) is 6.17. The van der Waals surface area contributed by atoms with E-state index in [0.717, 1.165) is 24.8 Å². The molecule has 1 aromatic rings. The lowest BCUT2D eigenvalue weighted by Crippen LogP contribution is -2.37. The van der Waals surface area contributed by atoms with E-state index in [4.69, 9.17) is 5.73 Å². The fourth-order valence-electron chi connectivity index (χ4n) is 2.89. The highest BCUT2D eigenvalue weighted by molar-refractivity contribution is 7.90. The van der Waals surface area contributed by atoms with Crippen molar-refractivity contribution in [1.82, 2.24) is 10.2 Å². The Morgan fingerprint density at radius 3 is 2.65 bits per heavy atom. The number of aromatic nitrogens is 2. The van der Waals surface area contributed by atoms with Crippen LogP contribution in [0.3, 0.4) is 0 Å². The molecular formula is C15H26N4O3S. The number of carbonyl (C=O) groups excluding carboxylic acids is 1. The number of aromatic amines is 1. The molecule has 0 spiro atoms. The van der Waals surface area contributed by atoms with Crippen molar-refractivity contribution in [1.29, 1.82) is 0 Å². The Balaban J connectivity index is 1.89. The van der Waals surface area contributed by atoms with Gasteiger partial charge in [-0.1, -0.05) is 25.7 Å². The van der Waals surface area contributed by atoms with Gasteiger partial charge in [-0.25, -0.2) is 8.42 Å². The van der Waals surface area contributed by atoms with Gasteiger partial charge in [0.1, 0.15) is 9.84 Å². The maximum Gasteiger partial charge on any atom is 0.242 e. The van der Waals surface area contributed by atoms with Gasteiger partial charge in [0, 0.05) is 23.9 Å². The Hall–Kier alpha value is -1.41. The van der Waals surface area contributed by atoms with Crippen LogP contribution in [0.4, 0.5) is 5.82 Å². The van der Waals surface area contributed by atoms with Gasteiger partial charge in [0.2, 0.25) is 5.91 Å².